The van der Waals surface area contributed by atoms with Gasteiger partial charge in [0.25, 0.3) is 0 Å². The second kappa shape index (κ2) is 7.61. The van der Waals surface area contributed by atoms with E-state index in [0.717, 1.165) is 46.5 Å². The molecular weight excluding hydrogens is 409 g/mol. The summed E-state index contributed by atoms with van der Waals surface area (Å²) in [6.07, 6.45) is 5.35. The van der Waals surface area contributed by atoms with E-state index in [2.05, 4.69) is 25.8 Å². The number of hydrogen-bond donors (Lipinski definition) is 2. The van der Waals surface area contributed by atoms with E-state index in [0.29, 0.717) is 12.4 Å². The van der Waals surface area contributed by atoms with Crippen LogP contribution in [0.25, 0.3) is 16.4 Å². The monoisotopic (exact) mass is 429 g/mol. The maximum atomic E-state index is 13.5. The number of aromatic nitrogens is 5. The van der Waals surface area contributed by atoms with Crippen LogP contribution in [-0.4, -0.2) is 43.6 Å². The van der Waals surface area contributed by atoms with Gasteiger partial charge in [0.05, 0.1) is 18.3 Å². The van der Waals surface area contributed by atoms with E-state index < -0.39 is 0 Å². The predicted molar refractivity (Wildman–Crippen MR) is 119 cm³/mol. The molecule has 0 unspecified atom stereocenters. The van der Waals surface area contributed by atoms with Crippen LogP contribution >= 0.6 is 0 Å². The van der Waals surface area contributed by atoms with Gasteiger partial charge in [-0.3, -0.25) is 4.68 Å². The number of hydrogen-bond acceptors (Lipinski definition) is 6. The normalized spacial score (nSPS) is 14.0. The Labute approximate surface area is 182 Å². The average Bonchev–Trinajstić information content (AvgIpc) is 3.35. The molecule has 1 aliphatic heterocycles. The van der Waals surface area contributed by atoms with Gasteiger partial charge < -0.3 is 15.4 Å². The fourth-order valence-electron chi connectivity index (χ4n) is 3.87. The molecule has 0 radical (unpaired) electrons. The fourth-order valence-corrected chi connectivity index (χ4v) is 3.87. The maximum absolute atomic E-state index is 13.5. The van der Waals surface area contributed by atoms with Crippen molar-refractivity contribution in [2.24, 2.45) is 0 Å². The Morgan fingerprint density at radius 2 is 2.06 bits per heavy atom. The minimum atomic E-state index is -0.246. The lowest BCUT2D eigenvalue weighted by Crippen LogP contribution is -2.50. The molecule has 1 saturated heterocycles. The van der Waals surface area contributed by atoms with Crippen molar-refractivity contribution >= 4 is 27.9 Å². The molecule has 1 aliphatic rings. The second-order valence-electron chi connectivity index (χ2n) is 7.81. The van der Waals surface area contributed by atoms with Crippen molar-refractivity contribution in [2.45, 2.75) is 12.6 Å². The summed E-state index contributed by atoms with van der Waals surface area (Å²) in [7, 11) is 0. The summed E-state index contributed by atoms with van der Waals surface area (Å²) in [5, 5.41) is 16.3. The molecule has 0 saturated carbocycles. The van der Waals surface area contributed by atoms with Gasteiger partial charge in [-0.05, 0) is 35.9 Å². The van der Waals surface area contributed by atoms with Crippen molar-refractivity contribution in [3.05, 3.63) is 78.6 Å². The minimum Gasteiger partial charge on any atom is -0.485 e. The van der Waals surface area contributed by atoms with Gasteiger partial charge in [0, 0.05) is 36.4 Å². The van der Waals surface area contributed by atoms with Gasteiger partial charge in [0.15, 0.2) is 11.6 Å². The van der Waals surface area contributed by atoms with Crippen molar-refractivity contribution in [1.29, 1.82) is 0 Å². The van der Waals surface area contributed by atoms with Gasteiger partial charge in [-0.25, -0.2) is 13.9 Å². The molecular formula is C23H20FN7O. The van der Waals surface area contributed by atoms with Crippen LogP contribution in [0.15, 0.2) is 67.3 Å². The number of halogens is 1. The third kappa shape index (κ3) is 3.42. The standard InChI is InChI=1S/C23H20FN7O/c24-17-3-1-2-15(8-17)13-31-20-5-4-18(9-16(20)10-27-31)29-23-22-21(32-19-11-25-12-19)6-7-30(22)28-14-26-23/h1-10,14,19,25H,11-13H2,(H,26,28,29). The highest BCUT2D eigenvalue weighted by atomic mass is 19.1. The summed E-state index contributed by atoms with van der Waals surface area (Å²) in [5.41, 5.74) is 3.50. The first-order valence-corrected chi connectivity index (χ1v) is 10.4. The Balaban J connectivity index is 1.29. The third-order valence-electron chi connectivity index (χ3n) is 5.58. The Morgan fingerprint density at radius 3 is 2.91 bits per heavy atom. The smallest absolute Gasteiger partial charge is 0.162 e. The SMILES string of the molecule is Fc1cccc(Cn2ncc3cc(Nc4ncnn5ccc(OC6CNC6)c45)ccc32)c1. The first-order valence-electron chi connectivity index (χ1n) is 10.4. The first kappa shape index (κ1) is 18.8. The fraction of sp³-hybridized carbons (Fsp3) is 0.174. The van der Waals surface area contributed by atoms with E-state index in [1.807, 2.05) is 47.4 Å². The van der Waals surface area contributed by atoms with Crippen molar-refractivity contribution in [3.8, 4) is 5.75 Å². The van der Waals surface area contributed by atoms with E-state index in [-0.39, 0.29) is 11.9 Å². The van der Waals surface area contributed by atoms with E-state index >= 15 is 0 Å². The summed E-state index contributed by atoms with van der Waals surface area (Å²) in [6.45, 7) is 2.18. The minimum absolute atomic E-state index is 0.162. The number of fused-ring (bicyclic) bond motifs is 2. The summed E-state index contributed by atoms with van der Waals surface area (Å²) < 4.78 is 23.2. The zero-order valence-electron chi connectivity index (χ0n) is 17.1. The van der Waals surface area contributed by atoms with Gasteiger partial charge in [-0.15, -0.1) is 0 Å². The number of nitrogens with zero attached hydrogens (tertiary/aromatic N) is 5. The molecule has 0 bridgehead atoms. The van der Waals surface area contributed by atoms with Gasteiger partial charge in [0.2, 0.25) is 0 Å². The number of rotatable bonds is 6. The highest BCUT2D eigenvalue weighted by molar-refractivity contribution is 5.86. The number of anilines is 2. The van der Waals surface area contributed by atoms with Crippen LogP contribution < -0.4 is 15.4 Å². The van der Waals surface area contributed by atoms with Gasteiger partial charge >= 0.3 is 0 Å². The average molecular weight is 429 g/mol. The van der Waals surface area contributed by atoms with E-state index in [1.54, 1.807) is 10.6 Å². The molecule has 0 spiro atoms. The summed E-state index contributed by atoms with van der Waals surface area (Å²) >= 11 is 0. The molecule has 5 aromatic rings. The lowest BCUT2D eigenvalue weighted by molar-refractivity contribution is 0.144. The Morgan fingerprint density at radius 1 is 1.12 bits per heavy atom. The zero-order valence-corrected chi connectivity index (χ0v) is 17.1. The first-order chi connectivity index (χ1) is 15.7. The molecule has 1 fully saturated rings. The topological polar surface area (TPSA) is 81.3 Å². The molecule has 9 heteroatoms. The lowest BCUT2D eigenvalue weighted by atomic mass is 10.2. The van der Waals surface area contributed by atoms with Crippen LogP contribution in [0.2, 0.25) is 0 Å². The molecule has 2 aromatic carbocycles. The van der Waals surface area contributed by atoms with Gasteiger partial charge in [-0.1, -0.05) is 12.1 Å². The summed E-state index contributed by atoms with van der Waals surface area (Å²) in [4.78, 5) is 4.44. The Hall–Kier alpha value is -3.98. The molecule has 4 heterocycles. The Bertz CT molecular complexity index is 1420. The van der Waals surface area contributed by atoms with E-state index in [4.69, 9.17) is 4.74 Å². The second-order valence-corrected chi connectivity index (χ2v) is 7.81. The predicted octanol–water partition coefficient (Wildman–Crippen LogP) is 3.36. The number of ether oxygens (including phenoxy) is 1. The van der Waals surface area contributed by atoms with Crippen molar-refractivity contribution in [2.75, 3.05) is 18.4 Å². The zero-order chi connectivity index (χ0) is 21.5. The van der Waals surface area contributed by atoms with Crippen molar-refractivity contribution in [1.82, 2.24) is 29.7 Å². The molecule has 3 aromatic heterocycles. The van der Waals surface area contributed by atoms with Crippen LogP contribution in [0.4, 0.5) is 15.9 Å². The van der Waals surface area contributed by atoms with Crippen LogP contribution in [0.3, 0.4) is 0 Å². The van der Waals surface area contributed by atoms with Gasteiger partial charge in [0.1, 0.15) is 23.8 Å². The van der Waals surface area contributed by atoms with Crippen LogP contribution in [0.5, 0.6) is 5.75 Å². The summed E-state index contributed by atoms with van der Waals surface area (Å²) in [6, 6.07) is 14.5. The van der Waals surface area contributed by atoms with Crippen LogP contribution in [0, 0.1) is 5.82 Å². The molecule has 2 N–H and O–H groups in total. The number of benzene rings is 2. The molecule has 0 aliphatic carbocycles. The molecule has 6 rings (SSSR count). The molecule has 0 atom stereocenters. The van der Waals surface area contributed by atoms with Crippen LogP contribution in [-0.2, 0) is 6.54 Å². The number of nitrogens with one attached hydrogen (secondary N) is 2. The maximum Gasteiger partial charge on any atom is 0.162 e. The molecule has 8 nitrogen and oxygen atoms in total. The molecule has 0 amide bonds. The largest absolute Gasteiger partial charge is 0.485 e. The quantitative estimate of drug-likeness (QED) is 0.431. The molecule has 160 valence electrons. The third-order valence-corrected chi connectivity index (χ3v) is 5.58. The molecule has 32 heavy (non-hydrogen) atoms. The van der Waals surface area contributed by atoms with E-state index in [9.17, 15) is 4.39 Å². The van der Waals surface area contributed by atoms with Gasteiger partial charge in [-0.2, -0.15) is 10.2 Å². The summed E-state index contributed by atoms with van der Waals surface area (Å²) in [5.74, 6) is 1.17. The highest BCUT2D eigenvalue weighted by Crippen LogP contribution is 2.30. The van der Waals surface area contributed by atoms with E-state index in [1.165, 1.54) is 18.5 Å². The van der Waals surface area contributed by atoms with Crippen molar-refractivity contribution in [3.63, 3.8) is 0 Å². The van der Waals surface area contributed by atoms with Crippen molar-refractivity contribution < 1.29 is 9.13 Å². The lowest BCUT2D eigenvalue weighted by Gasteiger charge is -2.27. The highest BCUT2D eigenvalue weighted by Gasteiger charge is 2.21. The Kier molecular flexibility index (Phi) is 4.46. The van der Waals surface area contributed by atoms with Crippen LogP contribution in [0.1, 0.15) is 5.56 Å².